The molecule has 0 unspecified atom stereocenters. The van der Waals surface area contributed by atoms with Crippen LogP contribution in [0.15, 0.2) is 83.8 Å². The van der Waals surface area contributed by atoms with Crippen LogP contribution in [-0.2, 0) is 9.53 Å². The summed E-state index contributed by atoms with van der Waals surface area (Å²) in [5.41, 5.74) is 4.36. The van der Waals surface area contributed by atoms with E-state index in [1.54, 1.807) is 17.0 Å². The Morgan fingerprint density at radius 1 is 0.915 bits per heavy atom. The zero-order chi connectivity index (χ0) is 32.8. The number of thiocarbonyl (C=S) groups is 1. The summed E-state index contributed by atoms with van der Waals surface area (Å²) in [7, 11) is 0. The highest BCUT2D eigenvalue weighted by atomic mass is 32.2. The van der Waals surface area contributed by atoms with Crippen molar-refractivity contribution >= 4 is 57.0 Å². The van der Waals surface area contributed by atoms with Gasteiger partial charge in [-0.2, -0.15) is 0 Å². The zero-order valence-corrected chi connectivity index (χ0v) is 27.8. The summed E-state index contributed by atoms with van der Waals surface area (Å²) in [6.07, 6.45) is 2.45. The van der Waals surface area contributed by atoms with Crippen LogP contribution in [-0.4, -0.2) is 83.7 Å². The number of carbonyl (C=O) groups is 2. The Morgan fingerprint density at radius 3 is 2.43 bits per heavy atom. The topological polar surface area (TPSA) is 88.5 Å². The fourth-order valence-corrected chi connectivity index (χ4v) is 6.87. The Morgan fingerprint density at radius 2 is 1.64 bits per heavy atom. The lowest BCUT2D eigenvalue weighted by molar-refractivity contribution is -0.122. The Bertz CT molecular complexity index is 1820. The summed E-state index contributed by atoms with van der Waals surface area (Å²) in [5.74, 6) is 0.159. The van der Waals surface area contributed by atoms with Gasteiger partial charge in [-0.15, -0.1) is 0 Å². The number of hydrogen-bond acceptors (Lipinski definition) is 8. The number of hydrogen-bond donors (Lipinski definition) is 1. The molecule has 4 aromatic rings. The molecule has 0 atom stereocenters. The minimum atomic E-state index is -0.985. The Labute approximate surface area is 283 Å². The highest BCUT2D eigenvalue weighted by Crippen LogP contribution is 2.36. The Balaban J connectivity index is 1.17. The molecular weight excluding hydrogens is 633 g/mol. The minimum absolute atomic E-state index is 0.142. The van der Waals surface area contributed by atoms with E-state index in [0.29, 0.717) is 46.9 Å². The summed E-state index contributed by atoms with van der Waals surface area (Å²) < 4.78 is 18.0. The van der Waals surface area contributed by atoms with Crippen LogP contribution in [0.2, 0.25) is 0 Å². The van der Waals surface area contributed by atoms with Gasteiger partial charge in [0.1, 0.15) is 22.4 Å². The molecular formula is C37H36N2O6S2. The van der Waals surface area contributed by atoms with Gasteiger partial charge in [-0.3, -0.25) is 14.6 Å². The van der Waals surface area contributed by atoms with E-state index in [1.165, 1.54) is 40.2 Å². The summed E-state index contributed by atoms with van der Waals surface area (Å²) in [6, 6.07) is 25.3. The summed E-state index contributed by atoms with van der Waals surface area (Å²) in [4.78, 5) is 29.1. The van der Waals surface area contributed by atoms with Gasteiger partial charge >= 0.3 is 5.97 Å². The molecule has 0 aliphatic carbocycles. The van der Waals surface area contributed by atoms with Gasteiger partial charge in [0, 0.05) is 31.7 Å². The van der Waals surface area contributed by atoms with E-state index in [0.717, 1.165) is 49.5 Å². The van der Waals surface area contributed by atoms with E-state index in [9.17, 15) is 9.59 Å². The summed E-state index contributed by atoms with van der Waals surface area (Å²) in [6.45, 7) is 7.43. The normalized spacial score (nSPS) is 16.3. The molecule has 2 aliphatic heterocycles. The molecule has 0 spiro atoms. The lowest BCUT2D eigenvalue weighted by atomic mass is 9.98. The number of fused-ring (bicyclic) bond motifs is 1. The number of amides is 1. The molecule has 1 N–H and O–H groups in total. The first-order chi connectivity index (χ1) is 22.8. The fraction of sp³-hybridized carbons (Fsp3) is 0.270. The van der Waals surface area contributed by atoms with E-state index in [-0.39, 0.29) is 11.5 Å². The van der Waals surface area contributed by atoms with Crippen molar-refractivity contribution in [3.8, 4) is 22.6 Å². The molecule has 2 heterocycles. The number of aromatic carboxylic acids is 1. The lowest BCUT2D eigenvalue weighted by Gasteiger charge is -2.26. The van der Waals surface area contributed by atoms with Crippen LogP contribution < -0.4 is 9.47 Å². The average Bonchev–Trinajstić information content (AvgIpc) is 3.35. The van der Waals surface area contributed by atoms with Gasteiger partial charge in [0.15, 0.2) is 0 Å². The number of rotatable bonds is 12. The number of carbonyl (C=O) groups excluding carboxylic acids is 1. The van der Waals surface area contributed by atoms with E-state index < -0.39 is 5.97 Å². The van der Waals surface area contributed by atoms with Crippen molar-refractivity contribution in [1.82, 2.24) is 9.80 Å². The van der Waals surface area contributed by atoms with Gasteiger partial charge in [-0.05, 0) is 83.8 Å². The van der Waals surface area contributed by atoms with Gasteiger partial charge < -0.3 is 19.3 Å². The molecule has 2 fully saturated rings. The quantitative estimate of drug-likeness (QED) is 0.0985. The molecule has 47 heavy (non-hydrogen) atoms. The van der Waals surface area contributed by atoms with Gasteiger partial charge in [0.25, 0.3) is 5.91 Å². The molecule has 10 heteroatoms. The second-order valence-corrected chi connectivity index (χ2v) is 13.2. The second kappa shape index (κ2) is 15.1. The molecule has 2 saturated heterocycles. The Kier molecular flexibility index (Phi) is 10.5. The van der Waals surface area contributed by atoms with Crippen LogP contribution in [0.4, 0.5) is 0 Å². The Hall–Kier alpha value is -4.22. The SMILES string of the molecule is Cc1ccc2cc(-c3ccc(OCCN4CCOCC4)c(C=C4SC(=S)N(CCCOc5ccc(C(=O)O)cc5)C4=O)c3)ccc2c1. The van der Waals surface area contributed by atoms with E-state index >= 15 is 0 Å². The van der Waals surface area contributed by atoms with Gasteiger partial charge in [-0.1, -0.05) is 65.9 Å². The maximum atomic E-state index is 13.5. The monoisotopic (exact) mass is 668 g/mol. The van der Waals surface area contributed by atoms with E-state index in [4.69, 9.17) is 31.5 Å². The first-order valence-corrected chi connectivity index (χ1v) is 16.9. The molecule has 242 valence electrons. The zero-order valence-electron chi connectivity index (χ0n) is 26.1. The molecule has 6 rings (SSSR count). The predicted molar refractivity (Wildman–Crippen MR) is 190 cm³/mol. The number of morpholine rings is 1. The molecule has 0 radical (unpaired) electrons. The highest BCUT2D eigenvalue weighted by molar-refractivity contribution is 8.26. The summed E-state index contributed by atoms with van der Waals surface area (Å²) in [5, 5.41) is 11.4. The minimum Gasteiger partial charge on any atom is -0.494 e. The van der Waals surface area contributed by atoms with Crippen molar-refractivity contribution in [2.75, 3.05) is 52.6 Å². The molecule has 4 aromatic carbocycles. The molecule has 1 amide bonds. The summed E-state index contributed by atoms with van der Waals surface area (Å²) >= 11 is 6.90. The third kappa shape index (κ3) is 8.20. The van der Waals surface area contributed by atoms with Gasteiger partial charge in [-0.25, -0.2) is 4.79 Å². The standard InChI is InChI=1S/C37H36N2O6S2/c1-25-3-4-28-22-29(6-5-27(28)21-25)30-9-12-33(45-20-16-38-14-18-43-19-15-38)31(23-30)24-34-35(40)39(37(46)47-34)13-2-17-44-32-10-7-26(8-11-32)36(41)42/h3-12,21-24H,2,13-20H2,1H3,(H,41,42). The van der Waals surface area contributed by atoms with Crippen molar-refractivity contribution in [1.29, 1.82) is 0 Å². The van der Waals surface area contributed by atoms with Crippen molar-refractivity contribution in [3.05, 3.63) is 100 Å². The predicted octanol–water partition coefficient (Wildman–Crippen LogP) is 6.89. The molecule has 0 saturated carbocycles. The first kappa shape index (κ1) is 32.7. The maximum Gasteiger partial charge on any atom is 0.335 e. The van der Waals surface area contributed by atoms with E-state index in [2.05, 4.69) is 60.4 Å². The highest BCUT2D eigenvalue weighted by Gasteiger charge is 2.32. The lowest BCUT2D eigenvalue weighted by Crippen LogP contribution is -2.38. The van der Waals surface area contributed by atoms with Crippen molar-refractivity contribution in [2.24, 2.45) is 0 Å². The van der Waals surface area contributed by atoms with Crippen molar-refractivity contribution < 1.29 is 28.9 Å². The van der Waals surface area contributed by atoms with Crippen LogP contribution in [0.3, 0.4) is 0 Å². The van der Waals surface area contributed by atoms with Gasteiger partial charge in [0.05, 0.1) is 30.3 Å². The number of ether oxygens (including phenoxy) is 3. The molecule has 0 aromatic heterocycles. The molecule has 2 aliphatic rings. The van der Waals surface area contributed by atoms with Gasteiger partial charge in [0.2, 0.25) is 0 Å². The van der Waals surface area contributed by atoms with Crippen LogP contribution in [0.25, 0.3) is 28.0 Å². The second-order valence-electron chi connectivity index (χ2n) is 11.5. The first-order valence-electron chi connectivity index (χ1n) is 15.6. The number of carboxylic acids is 1. The molecule has 0 bridgehead atoms. The van der Waals surface area contributed by atoms with Crippen molar-refractivity contribution in [2.45, 2.75) is 13.3 Å². The van der Waals surface area contributed by atoms with Crippen molar-refractivity contribution in [3.63, 3.8) is 0 Å². The third-order valence-electron chi connectivity index (χ3n) is 8.16. The van der Waals surface area contributed by atoms with Crippen LogP contribution in [0.1, 0.15) is 27.9 Å². The number of carboxylic acid groups (broad SMARTS) is 1. The number of aryl methyl sites for hydroxylation is 1. The largest absolute Gasteiger partial charge is 0.494 e. The number of nitrogens with zero attached hydrogens (tertiary/aromatic N) is 2. The number of thioether (sulfide) groups is 1. The molecule has 8 nitrogen and oxygen atoms in total. The van der Waals surface area contributed by atoms with E-state index in [1.807, 2.05) is 12.1 Å². The third-order valence-corrected chi connectivity index (χ3v) is 9.54. The number of benzene rings is 4. The smallest absolute Gasteiger partial charge is 0.335 e. The average molecular weight is 669 g/mol. The fourth-order valence-electron chi connectivity index (χ4n) is 5.57. The maximum absolute atomic E-state index is 13.5. The van der Waals surface area contributed by atoms with Crippen LogP contribution in [0.5, 0.6) is 11.5 Å². The van der Waals surface area contributed by atoms with Crippen LogP contribution in [0, 0.1) is 6.92 Å². The van der Waals surface area contributed by atoms with Crippen LogP contribution >= 0.6 is 24.0 Å².